The summed E-state index contributed by atoms with van der Waals surface area (Å²) in [4.78, 5) is 16.0. The van der Waals surface area contributed by atoms with Crippen molar-refractivity contribution in [3.8, 4) is 0 Å². The molecule has 27 heavy (non-hydrogen) atoms. The molecule has 1 unspecified atom stereocenters. The summed E-state index contributed by atoms with van der Waals surface area (Å²) in [7, 11) is -0.850. The number of methoxy groups -OCH3 is 1. The van der Waals surface area contributed by atoms with Crippen LogP contribution in [-0.4, -0.2) is 55.0 Å². The first-order chi connectivity index (χ1) is 12.3. The zero-order valence-corrected chi connectivity index (χ0v) is 17.1. The Labute approximate surface area is 168 Å². The second-order valence-corrected chi connectivity index (χ2v) is 8.23. The Balaban J connectivity index is 0.00000261. The maximum Gasteiger partial charge on any atom is 0.337 e. The molecule has 3 rings (SSSR count). The monoisotopic (exact) mass is 434 g/mol. The number of halogens is 2. The fourth-order valence-electron chi connectivity index (χ4n) is 2.97. The molecule has 0 aliphatic carbocycles. The molecule has 1 aromatic heterocycles. The molecule has 8 nitrogen and oxygen atoms in total. The van der Waals surface area contributed by atoms with Crippen molar-refractivity contribution in [1.29, 1.82) is 0 Å². The highest BCUT2D eigenvalue weighted by atomic mass is 35.5. The summed E-state index contributed by atoms with van der Waals surface area (Å²) in [5.74, 6) is -0.0130. The summed E-state index contributed by atoms with van der Waals surface area (Å²) in [5.41, 5.74) is 0.0854. The van der Waals surface area contributed by atoms with Gasteiger partial charge in [0.15, 0.2) is 0 Å². The minimum atomic E-state index is -3.89. The van der Waals surface area contributed by atoms with Gasteiger partial charge in [-0.2, -0.15) is 4.31 Å². The summed E-state index contributed by atoms with van der Waals surface area (Å²) >= 11 is 6.04. The van der Waals surface area contributed by atoms with Crippen molar-refractivity contribution in [3.05, 3.63) is 47.0 Å². The number of rotatable bonds is 4. The molecule has 1 saturated heterocycles. The number of carbonyl (C=O) groups excluding carboxylic acids is 1. The molecule has 1 aromatic carbocycles. The van der Waals surface area contributed by atoms with E-state index in [2.05, 4.69) is 15.0 Å². The van der Waals surface area contributed by atoms with Crippen LogP contribution in [-0.2, 0) is 21.8 Å². The van der Waals surface area contributed by atoms with E-state index in [1.807, 2.05) is 7.05 Å². The van der Waals surface area contributed by atoms with Crippen LogP contribution in [0.3, 0.4) is 0 Å². The number of sulfonamides is 1. The predicted molar refractivity (Wildman–Crippen MR) is 103 cm³/mol. The lowest BCUT2D eigenvalue weighted by Gasteiger charge is -2.34. The maximum atomic E-state index is 13.3. The maximum absolute atomic E-state index is 13.3. The molecule has 2 heterocycles. The highest BCUT2D eigenvalue weighted by Gasteiger charge is 2.36. The van der Waals surface area contributed by atoms with Crippen LogP contribution < -0.4 is 5.32 Å². The van der Waals surface area contributed by atoms with Gasteiger partial charge in [-0.1, -0.05) is 11.6 Å². The molecule has 11 heteroatoms. The zero-order valence-electron chi connectivity index (χ0n) is 14.8. The zero-order chi connectivity index (χ0) is 18.9. The fourth-order valence-corrected chi connectivity index (χ4v) is 4.93. The third-order valence-corrected chi connectivity index (χ3v) is 6.35. The van der Waals surface area contributed by atoms with Crippen LogP contribution in [0.1, 0.15) is 22.2 Å². The number of aryl methyl sites for hydroxylation is 1. The first-order valence-electron chi connectivity index (χ1n) is 7.93. The first kappa shape index (κ1) is 21.6. The smallest absolute Gasteiger partial charge is 0.337 e. The van der Waals surface area contributed by atoms with Crippen LogP contribution in [0.4, 0.5) is 0 Å². The molecule has 1 aliphatic heterocycles. The number of imidazole rings is 1. The Morgan fingerprint density at radius 3 is 2.74 bits per heavy atom. The van der Waals surface area contributed by atoms with E-state index in [0.717, 1.165) is 0 Å². The second kappa shape index (κ2) is 8.57. The standard InChI is InChI=1S/C16H19ClN4O4S.ClH/c1-20-5-4-19-15(20)14-10-18-3-6-21(14)26(23,24)13-8-11(16(22)25-2)7-12(17)9-13;/h4-5,7-9,14,18H,3,6,10H2,1-2H3;1H. The van der Waals surface area contributed by atoms with Crippen LogP contribution in [0.15, 0.2) is 35.5 Å². The molecule has 2 aromatic rings. The molecular weight excluding hydrogens is 415 g/mol. The Morgan fingerprint density at radius 1 is 1.37 bits per heavy atom. The van der Waals surface area contributed by atoms with E-state index in [-0.39, 0.29) is 34.4 Å². The van der Waals surface area contributed by atoms with Crippen molar-refractivity contribution >= 4 is 40.0 Å². The van der Waals surface area contributed by atoms with Crippen molar-refractivity contribution in [1.82, 2.24) is 19.2 Å². The van der Waals surface area contributed by atoms with Gasteiger partial charge >= 0.3 is 5.97 Å². The predicted octanol–water partition coefficient (Wildman–Crippen LogP) is 1.62. The molecule has 0 saturated carbocycles. The van der Waals surface area contributed by atoms with Crippen LogP contribution in [0.5, 0.6) is 0 Å². The second-order valence-electron chi connectivity index (χ2n) is 5.90. The Hall–Kier alpha value is -1.65. The summed E-state index contributed by atoms with van der Waals surface area (Å²) in [6.07, 6.45) is 3.40. The van der Waals surface area contributed by atoms with E-state index in [0.29, 0.717) is 18.9 Å². The Bertz CT molecular complexity index is 932. The Morgan fingerprint density at radius 2 is 2.11 bits per heavy atom. The van der Waals surface area contributed by atoms with Gasteiger partial charge in [-0.05, 0) is 18.2 Å². The number of benzene rings is 1. The highest BCUT2D eigenvalue weighted by molar-refractivity contribution is 7.89. The number of ether oxygens (including phenoxy) is 1. The van der Waals surface area contributed by atoms with Crippen molar-refractivity contribution in [2.45, 2.75) is 10.9 Å². The molecule has 0 radical (unpaired) electrons. The van der Waals surface area contributed by atoms with Crippen LogP contribution in [0.2, 0.25) is 5.02 Å². The minimum Gasteiger partial charge on any atom is -0.465 e. The highest BCUT2D eigenvalue weighted by Crippen LogP contribution is 2.30. The number of esters is 1. The van der Waals surface area contributed by atoms with E-state index in [4.69, 9.17) is 11.6 Å². The lowest BCUT2D eigenvalue weighted by atomic mass is 10.2. The van der Waals surface area contributed by atoms with Gasteiger partial charge in [-0.3, -0.25) is 0 Å². The van der Waals surface area contributed by atoms with Crippen LogP contribution >= 0.6 is 24.0 Å². The van der Waals surface area contributed by atoms with Crippen LogP contribution in [0, 0.1) is 0 Å². The summed E-state index contributed by atoms with van der Waals surface area (Å²) in [5, 5.41) is 3.34. The molecule has 1 N–H and O–H groups in total. The van der Waals surface area contributed by atoms with Crippen molar-refractivity contribution in [2.24, 2.45) is 7.05 Å². The van der Waals surface area contributed by atoms with Crippen LogP contribution in [0.25, 0.3) is 0 Å². The van der Waals surface area contributed by atoms with Gasteiger partial charge < -0.3 is 14.6 Å². The van der Waals surface area contributed by atoms with Crippen molar-refractivity contribution in [2.75, 3.05) is 26.7 Å². The Kier molecular flexibility index (Phi) is 6.87. The number of hydrogen-bond donors (Lipinski definition) is 1. The number of aromatic nitrogens is 2. The van der Waals surface area contributed by atoms with E-state index >= 15 is 0 Å². The summed E-state index contributed by atoms with van der Waals surface area (Å²) in [6, 6.07) is 3.53. The quantitative estimate of drug-likeness (QED) is 0.734. The van der Waals surface area contributed by atoms with Gasteiger partial charge in [0.2, 0.25) is 10.0 Å². The van der Waals surface area contributed by atoms with E-state index in [9.17, 15) is 13.2 Å². The molecule has 0 amide bonds. The van der Waals surface area contributed by atoms with Crippen molar-refractivity contribution in [3.63, 3.8) is 0 Å². The van der Waals surface area contributed by atoms with Gasteiger partial charge in [0, 0.05) is 44.1 Å². The van der Waals surface area contributed by atoms with Gasteiger partial charge in [-0.15, -0.1) is 12.4 Å². The summed E-state index contributed by atoms with van der Waals surface area (Å²) < 4.78 is 34.4. The van der Waals surface area contributed by atoms with Gasteiger partial charge in [-0.25, -0.2) is 18.2 Å². The molecule has 1 atom stereocenters. The average molecular weight is 435 g/mol. The number of nitrogens with one attached hydrogen (secondary N) is 1. The molecule has 148 valence electrons. The van der Waals surface area contributed by atoms with Gasteiger partial charge in [0.25, 0.3) is 0 Å². The van der Waals surface area contributed by atoms with Gasteiger partial charge in [0.05, 0.1) is 23.6 Å². The van der Waals surface area contributed by atoms with Crippen molar-refractivity contribution < 1.29 is 17.9 Å². The normalized spacial score (nSPS) is 18.0. The molecule has 0 bridgehead atoms. The lowest BCUT2D eigenvalue weighted by molar-refractivity contribution is 0.0600. The molecule has 1 aliphatic rings. The third-order valence-electron chi connectivity index (χ3n) is 4.25. The number of piperazine rings is 1. The largest absolute Gasteiger partial charge is 0.465 e. The molecule has 1 fully saturated rings. The number of nitrogens with zero attached hydrogens (tertiary/aromatic N) is 3. The third kappa shape index (κ3) is 4.27. The topological polar surface area (TPSA) is 93.5 Å². The lowest BCUT2D eigenvalue weighted by Crippen LogP contribution is -2.49. The number of carbonyl (C=O) groups is 1. The van der Waals surface area contributed by atoms with E-state index < -0.39 is 22.0 Å². The SMILES string of the molecule is COC(=O)c1cc(Cl)cc(S(=O)(=O)N2CCNCC2c2nccn2C)c1.Cl. The minimum absolute atomic E-state index is 0. The average Bonchev–Trinajstić information content (AvgIpc) is 3.06. The first-order valence-corrected chi connectivity index (χ1v) is 9.75. The van der Waals surface area contributed by atoms with Gasteiger partial charge in [0.1, 0.15) is 5.82 Å². The fraction of sp³-hybridized carbons (Fsp3) is 0.375. The summed E-state index contributed by atoms with van der Waals surface area (Å²) in [6.45, 7) is 1.24. The molecule has 0 spiro atoms. The van der Waals surface area contributed by atoms with E-state index in [1.54, 1.807) is 17.0 Å². The number of hydrogen-bond acceptors (Lipinski definition) is 6. The molecular formula is C16H20Cl2N4O4S. The van der Waals surface area contributed by atoms with E-state index in [1.165, 1.54) is 29.6 Å².